The van der Waals surface area contributed by atoms with Crippen molar-refractivity contribution < 1.29 is 9.53 Å². The molecule has 5 heteroatoms. The molecule has 0 N–H and O–H groups in total. The maximum Gasteiger partial charge on any atom is 0.319 e. The van der Waals surface area contributed by atoms with Gasteiger partial charge in [0.1, 0.15) is 0 Å². The molecule has 1 aliphatic heterocycles. The number of alkyl halides is 1. The van der Waals surface area contributed by atoms with E-state index in [-0.39, 0.29) is 6.03 Å². The first-order chi connectivity index (χ1) is 17.7. The SMILES string of the molecule is CCCCCCCCCCCCCCCCCCN(C)C(=O)N1CCCCC1CCOCCCCCl. The molecule has 4 nitrogen and oxygen atoms in total. The van der Waals surface area contributed by atoms with Gasteiger partial charge >= 0.3 is 6.03 Å². The lowest BCUT2D eigenvalue weighted by Crippen LogP contribution is -2.49. The summed E-state index contributed by atoms with van der Waals surface area (Å²) in [5.74, 6) is 0.708. The quantitative estimate of drug-likeness (QED) is 0.0922. The number of nitrogens with zero attached hydrogens (tertiary/aromatic N) is 2. The van der Waals surface area contributed by atoms with Gasteiger partial charge in [-0.05, 0) is 44.9 Å². The van der Waals surface area contributed by atoms with Gasteiger partial charge in [-0.15, -0.1) is 11.6 Å². The van der Waals surface area contributed by atoms with Crippen LogP contribution in [0.25, 0.3) is 0 Å². The van der Waals surface area contributed by atoms with Gasteiger partial charge in [0.15, 0.2) is 0 Å². The molecule has 0 aromatic carbocycles. The number of unbranched alkanes of at least 4 members (excludes halogenated alkanes) is 16. The maximum absolute atomic E-state index is 13.1. The van der Waals surface area contributed by atoms with Crippen LogP contribution in [0.15, 0.2) is 0 Å². The van der Waals surface area contributed by atoms with Crippen molar-refractivity contribution in [2.45, 2.75) is 154 Å². The Hall–Kier alpha value is -0.480. The Morgan fingerprint density at radius 1 is 0.778 bits per heavy atom. The van der Waals surface area contributed by atoms with Crippen LogP contribution >= 0.6 is 11.6 Å². The minimum absolute atomic E-state index is 0.225. The zero-order valence-electron chi connectivity index (χ0n) is 24.3. The van der Waals surface area contributed by atoms with Crippen molar-refractivity contribution in [3.05, 3.63) is 0 Å². The summed E-state index contributed by atoms with van der Waals surface area (Å²) in [6, 6.07) is 0.565. The van der Waals surface area contributed by atoms with E-state index in [1.54, 1.807) is 0 Å². The van der Waals surface area contributed by atoms with Crippen molar-refractivity contribution in [3.8, 4) is 0 Å². The minimum Gasteiger partial charge on any atom is -0.381 e. The number of likely N-dealkylation sites (tertiary alicyclic amines) is 1. The van der Waals surface area contributed by atoms with Gasteiger partial charge in [0, 0.05) is 45.3 Å². The lowest BCUT2D eigenvalue weighted by atomic mass is 10.00. The Balaban J connectivity index is 1.99. The number of urea groups is 1. The van der Waals surface area contributed by atoms with E-state index in [0.29, 0.717) is 11.9 Å². The van der Waals surface area contributed by atoms with E-state index >= 15 is 0 Å². The maximum atomic E-state index is 13.1. The predicted molar refractivity (Wildman–Crippen MR) is 157 cm³/mol. The van der Waals surface area contributed by atoms with Crippen LogP contribution in [0.2, 0.25) is 0 Å². The van der Waals surface area contributed by atoms with Gasteiger partial charge in [0.05, 0.1) is 0 Å². The van der Waals surface area contributed by atoms with E-state index < -0.39 is 0 Å². The molecule has 1 fully saturated rings. The van der Waals surface area contributed by atoms with E-state index in [9.17, 15) is 4.79 Å². The number of hydrogen-bond donors (Lipinski definition) is 0. The van der Waals surface area contributed by atoms with Crippen LogP contribution in [0.5, 0.6) is 0 Å². The number of amides is 2. The van der Waals surface area contributed by atoms with Crippen molar-refractivity contribution in [2.24, 2.45) is 0 Å². The third-order valence-corrected chi connectivity index (χ3v) is 8.08. The van der Waals surface area contributed by atoms with Crippen LogP contribution in [-0.2, 0) is 4.74 Å². The molecule has 0 bridgehead atoms. The highest BCUT2D eigenvalue weighted by atomic mass is 35.5. The first kappa shape index (κ1) is 33.5. The third-order valence-electron chi connectivity index (χ3n) is 7.81. The van der Waals surface area contributed by atoms with Crippen LogP contribution in [0, 0.1) is 0 Å². The second-order valence-electron chi connectivity index (χ2n) is 11.1. The summed E-state index contributed by atoms with van der Waals surface area (Å²) < 4.78 is 5.78. The summed E-state index contributed by atoms with van der Waals surface area (Å²) in [7, 11) is 1.99. The van der Waals surface area contributed by atoms with Gasteiger partial charge < -0.3 is 14.5 Å². The summed E-state index contributed by atoms with van der Waals surface area (Å²) in [4.78, 5) is 17.2. The van der Waals surface area contributed by atoms with E-state index in [1.165, 1.54) is 103 Å². The number of hydrogen-bond acceptors (Lipinski definition) is 2. The van der Waals surface area contributed by atoms with Gasteiger partial charge in [-0.2, -0.15) is 0 Å². The highest BCUT2D eigenvalue weighted by molar-refractivity contribution is 6.17. The normalized spacial score (nSPS) is 16.0. The Kier molecular flexibility index (Phi) is 23.1. The lowest BCUT2D eigenvalue weighted by Gasteiger charge is -2.38. The minimum atomic E-state index is 0.225. The summed E-state index contributed by atoms with van der Waals surface area (Å²) in [5.41, 5.74) is 0. The smallest absolute Gasteiger partial charge is 0.319 e. The molecule has 2 amide bonds. The average Bonchev–Trinajstić information content (AvgIpc) is 2.90. The van der Waals surface area contributed by atoms with E-state index in [1.807, 2.05) is 11.9 Å². The highest BCUT2D eigenvalue weighted by Crippen LogP contribution is 2.21. The molecule has 0 aromatic rings. The number of halogens is 1. The fourth-order valence-electron chi connectivity index (χ4n) is 5.38. The molecular formula is C31H61ClN2O2. The number of rotatable bonds is 24. The van der Waals surface area contributed by atoms with Gasteiger partial charge in [-0.3, -0.25) is 0 Å². The molecule has 1 aliphatic rings. The Labute approximate surface area is 230 Å². The molecular weight excluding hydrogens is 468 g/mol. The van der Waals surface area contributed by atoms with E-state index in [2.05, 4.69) is 11.8 Å². The van der Waals surface area contributed by atoms with Gasteiger partial charge in [0.25, 0.3) is 0 Å². The Morgan fingerprint density at radius 2 is 1.33 bits per heavy atom. The van der Waals surface area contributed by atoms with Crippen molar-refractivity contribution in [3.63, 3.8) is 0 Å². The average molecular weight is 529 g/mol. The predicted octanol–water partition coefficient (Wildman–Crippen LogP) is 9.58. The van der Waals surface area contributed by atoms with E-state index in [0.717, 1.165) is 64.8 Å². The fraction of sp³-hybridized carbons (Fsp3) is 0.968. The van der Waals surface area contributed by atoms with Gasteiger partial charge in [-0.1, -0.05) is 103 Å². The van der Waals surface area contributed by atoms with Gasteiger partial charge in [0.2, 0.25) is 0 Å². The molecule has 1 rings (SSSR count). The van der Waals surface area contributed by atoms with E-state index in [4.69, 9.17) is 16.3 Å². The molecule has 36 heavy (non-hydrogen) atoms. The topological polar surface area (TPSA) is 32.8 Å². The number of ether oxygens (including phenoxy) is 1. The molecule has 0 aliphatic carbocycles. The molecule has 1 atom stereocenters. The molecule has 0 spiro atoms. The Morgan fingerprint density at radius 3 is 1.89 bits per heavy atom. The number of carbonyl (C=O) groups excluding carboxylic acids is 1. The summed E-state index contributed by atoms with van der Waals surface area (Å²) in [6.45, 7) is 5.61. The van der Waals surface area contributed by atoms with Crippen molar-refractivity contribution in [1.82, 2.24) is 9.80 Å². The highest BCUT2D eigenvalue weighted by Gasteiger charge is 2.28. The lowest BCUT2D eigenvalue weighted by molar-refractivity contribution is 0.0808. The molecule has 0 saturated carbocycles. The second-order valence-corrected chi connectivity index (χ2v) is 11.5. The van der Waals surface area contributed by atoms with Gasteiger partial charge in [-0.25, -0.2) is 4.79 Å². The number of carbonyl (C=O) groups is 1. The zero-order chi connectivity index (χ0) is 26.1. The first-order valence-electron chi connectivity index (χ1n) is 15.9. The van der Waals surface area contributed by atoms with Crippen LogP contribution in [-0.4, -0.2) is 61.1 Å². The van der Waals surface area contributed by atoms with Crippen LogP contribution in [0.1, 0.15) is 148 Å². The largest absolute Gasteiger partial charge is 0.381 e. The monoisotopic (exact) mass is 528 g/mol. The summed E-state index contributed by atoms with van der Waals surface area (Å²) >= 11 is 5.73. The van der Waals surface area contributed by atoms with Crippen molar-refractivity contribution in [2.75, 3.05) is 39.2 Å². The second kappa shape index (κ2) is 24.8. The summed E-state index contributed by atoms with van der Waals surface area (Å²) in [5, 5.41) is 0. The van der Waals surface area contributed by atoms with Crippen molar-refractivity contribution >= 4 is 17.6 Å². The molecule has 1 heterocycles. The zero-order valence-corrected chi connectivity index (χ0v) is 25.0. The molecule has 0 radical (unpaired) electrons. The third kappa shape index (κ3) is 17.9. The van der Waals surface area contributed by atoms with Crippen LogP contribution in [0.3, 0.4) is 0 Å². The molecule has 0 aromatic heterocycles. The van der Waals surface area contributed by atoms with Crippen molar-refractivity contribution in [1.29, 1.82) is 0 Å². The first-order valence-corrected chi connectivity index (χ1v) is 16.4. The Bertz CT molecular complexity index is 491. The fourth-order valence-corrected chi connectivity index (χ4v) is 5.57. The number of piperidine rings is 1. The molecule has 1 saturated heterocycles. The summed E-state index contributed by atoms with van der Waals surface area (Å²) in [6.07, 6.45) is 28.6. The molecule has 214 valence electrons. The molecule has 1 unspecified atom stereocenters. The van der Waals surface area contributed by atoms with Crippen LogP contribution in [0.4, 0.5) is 4.79 Å². The van der Waals surface area contributed by atoms with Crippen LogP contribution < -0.4 is 0 Å². The standard InChI is InChI=1S/C31H61ClN2O2/c1-3-4-5-6-7-8-9-10-11-12-13-14-15-16-17-20-26-33(2)31(35)34-27-21-18-23-30(34)24-29-36-28-22-19-25-32/h30H,3-29H2,1-2H3.